The first kappa shape index (κ1) is 16.4. The molecule has 3 nitrogen and oxygen atoms in total. The van der Waals surface area contributed by atoms with Gasteiger partial charge in [-0.05, 0) is 48.2 Å². The summed E-state index contributed by atoms with van der Waals surface area (Å²) in [5.74, 6) is 0.332. The number of nitrogens with zero attached hydrogens (tertiary/aromatic N) is 2. The molecule has 0 unspecified atom stereocenters. The smallest absolute Gasteiger partial charge is 0.212 e. The Morgan fingerprint density at radius 1 is 1.12 bits per heavy atom. The number of hydrogen-bond acceptors (Lipinski definition) is 2. The molecule has 128 valence electrons. The van der Waals surface area contributed by atoms with Crippen molar-refractivity contribution in [2.45, 2.75) is 26.7 Å². The van der Waals surface area contributed by atoms with Crippen LogP contribution in [0.5, 0.6) is 0 Å². The van der Waals surface area contributed by atoms with Gasteiger partial charge in [0, 0.05) is 22.9 Å². The van der Waals surface area contributed by atoms with E-state index in [1.807, 2.05) is 37.5 Å². The van der Waals surface area contributed by atoms with Crippen LogP contribution >= 0.6 is 0 Å². The first-order chi connectivity index (χ1) is 12.5. The van der Waals surface area contributed by atoms with Crippen LogP contribution in [-0.4, -0.2) is 0 Å². The molecule has 0 bridgehead atoms. The Morgan fingerprint density at radius 2 is 1.92 bits per heavy atom. The summed E-state index contributed by atoms with van der Waals surface area (Å²) in [6.45, 7) is 6.41. The van der Waals surface area contributed by atoms with Gasteiger partial charge in [0.05, 0.1) is 17.2 Å². The number of hydrogen-bond donors (Lipinski definition) is 0. The highest BCUT2D eigenvalue weighted by atomic mass is 16.3. The maximum atomic E-state index is 9.59. The molecule has 0 aliphatic rings. The first-order valence-electron chi connectivity index (χ1n) is 8.86. The molecule has 0 amide bonds. The zero-order valence-corrected chi connectivity index (χ0v) is 15.5. The largest absolute Gasteiger partial charge is 0.456 e. The van der Waals surface area contributed by atoms with Crippen LogP contribution in [0.2, 0.25) is 0 Å². The molecule has 2 aromatic carbocycles. The van der Waals surface area contributed by atoms with Crippen molar-refractivity contribution in [3.8, 4) is 17.3 Å². The topological polar surface area (TPSA) is 40.8 Å². The number of rotatable bonds is 2. The van der Waals surface area contributed by atoms with Crippen LogP contribution in [0, 0.1) is 18.3 Å². The van der Waals surface area contributed by atoms with Crippen LogP contribution < -0.4 is 4.57 Å². The predicted molar refractivity (Wildman–Crippen MR) is 104 cm³/mol. The lowest BCUT2D eigenvalue weighted by Gasteiger charge is -2.06. The Hall–Kier alpha value is -3.12. The van der Waals surface area contributed by atoms with E-state index in [-0.39, 0.29) is 0 Å². The second-order valence-corrected chi connectivity index (χ2v) is 7.14. The molecule has 26 heavy (non-hydrogen) atoms. The zero-order valence-electron chi connectivity index (χ0n) is 15.5. The highest BCUT2D eigenvalue weighted by Crippen LogP contribution is 2.38. The van der Waals surface area contributed by atoms with Gasteiger partial charge in [-0.2, -0.15) is 5.26 Å². The molecule has 2 heterocycles. The minimum Gasteiger partial charge on any atom is -0.456 e. The molecule has 0 saturated heterocycles. The lowest BCUT2D eigenvalue weighted by Crippen LogP contribution is -2.30. The summed E-state index contributed by atoms with van der Waals surface area (Å²) < 4.78 is 8.39. The van der Waals surface area contributed by atoms with Gasteiger partial charge in [-0.15, -0.1) is 0 Å². The molecule has 0 fully saturated rings. The maximum Gasteiger partial charge on any atom is 0.212 e. The summed E-state index contributed by atoms with van der Waals surface area (Å²) in [6.07, 6.45) is 2.04. The van der Waals surface area contributed by atoms with Crippen LogP contribution in [0.3, 0.4) is 0 Å². The second kappa shape index (κ2) is 6.00. The van der Waals surface area contributed by atoms with Gasteiger partial charge in [0.15, 0.2) is 6.20 Å². The van der Waals surface area contributed by atoms with E-state index in [4.69, 9.17) is 4.42 Å². The summed E-state index contributed by atoms with van der Waals surface area (Å²) in [5.41, 5.74) is 6.92. The summed E-state index contributed by atoms with van der Waals surface area (Å²) in [7, 11) is 2.04. The molecule has 0 atom stereocenters. The van der Waals surface area contributed by atoms with Crippen LogP contribution in [0.4, 0.5) is 0 Å². The van der Waals surface area contributed by atoms with Crippen molar-refractivity contribution in [3.63, 3.8) is 0 Å². The zero-order chi connectivity index (χ0) is 18.4. The first-order valence-corrected chi connectivity index (χ1v) is 8.86. The molecule has 4 rings (SSSR count). The minimum atomic E-state index is 0.332. The number of aromatic nitrogens is 1. The van der Waals surface area contributed by atoms with E-state index in [0.29, 0.717) is 11.5 Å². The molecule has 0 radical (unpaired) electrons. The summed E-state index contributed by atoms with van der Waals surface area (Å²) in [4.78, 5) is 0. The molecular formula is C23H21N2O+. The number of pyridine rings is 1. The molecule has 0 aliphatic heterocycles. The Labute approximate surface area is 153 Å². The average Bonchev–Trinajstić information content (AvgIpc) is 2.99. The van der Waals surface area contributed by atoms with E-state index in [9.17, 15) is 5.26 Å². The number of furan rings is 1. The molecule has 2 aromatic heterocycles. The van der Waals surface area contributed by atoms with Crippen molar-refractivity contribution in [3.05, 3.63) is 65.4 Å². The van der Waals surface area contributed by atoms with Gasteiger partial charge in [0.25, 0.3) is 0 Å². The third-order valence-corrected chi connectivity index (χ3v) is 5.07. The monoisotopic (exact) mass is 341 g/mol. The summed E-state index contributed by atoms with van der Waals surface area (Å²) >= 11 is 0. The lowest BCUT2D eigenvalue weighted by molar-refractivity contribution is -0.660. The predicted octanol–water partition coefficient (Wildman–Crippen LogP) is 5.38. The molecule has 0 saturated carbocycles. The fourth-order valence-electron chi connectivity index (χ4n) is 3.68. The molecule has 0 aliphatic carbocycles. The van der Waals surface area contributed by atoms with Gasteiger partial charge in [-0.25, -0.2) is 4.57 Å². The van der Waals surface area contributed by atoms with Crippen LogP contribution in [-0.2, 0) is 7.05 Å². The fraction of sp³-hybridized carbons (Fsp3) is 0.217. The van der Waals surface area contributed by atoms with Gasteiger partial charge < -0.3 is 4.42 Å². The SMILES string of the molecule is Cc1cc2c(cc1-c1cccc[n+]1C)oc1c(C(C)C)ccc(C#N)c12. The van der Waals surface area contributed by atoms with Crippen molar-refractivity contribution in [1.29, 1.82) is 5.26 Å². The standard InChI is InChI=1S/C23H21N2O/c1-14(2)17-9-8-16(13-24)22-19-11-15(3)18(12-21(19)26-23(17)22)20-7-5-6-10-25(20)4/h5-12,14H,1-4H3/q+1. The highest BCUT2D eigenvalue weighted by Gasteiger charge is 2.20. The van der Waals surface area contributed by atoms with Crippen LogP contribution in [0.15, 0.2) is 53.1 Å². The molecule has 4 aromatic rings. The van der Waals surface area contributed by atoms with Gasteiger partial charge >= 0.3 is 0 Å². The van der Waals surface area contributed by atoms with E-state index < -0.39 is 0 Å². The molecule has 0 N–H and O–H groups in total. The minimum absolute atomic E-state index is 0.332. The Morgan fingerprint density at radius 3 is 2.62 bits per heavy atom. The van der Waals surface area contributed by atoms with Crippen molar-refractivity contribution in [2.24, 2.45) is 7.05 Å². The van der Waals surface area contributed by atoms with Crippen LogP contribution in [0.1, 0.15) is 36.5 Å². The molecular weight excluding hydrogens is 320 g/mol. The third-order valence-electron chi connectivity index (χ3n) is 5.07. The lowest BCUT2D eigenvalue weighted by atomic mass is 9.96. The number of aryl methyl sites for hydroxylation is 2. The van der Waals surface area contributed by atoms with E-state index in [1.165, 1.54) is 5.56 Å². The molecule has 3 heteroatoms. The van der Waals surface area contributed by atoms with Gasteiger partial charge in [-0.3, -0.25) is 0 Å². The third kappa shape index (κ3) is 2.38. The quantitative estimate of drug-likeness (QED) is 0.459. The van der Waals surface area contributed by atoms with Crippen molar-refractivity contribution in [1.82, 2.24) is 0 Å². The van der Waals surface area contributed by atoms with Crippen molar-refractivity contribution < 1.29 is 8.98 Å². The van der Waals surface area contributed by atoms with Crippen LogP contribution in [0.25, 0.3) is 33.2 Å². The van der Waals surface area contributed by atoms with Gasteiger partial charge in [-0.1, -0.05) is 19.9 Å². The van der Waals surface area contributed by atoms with E-state index in [2.05, 4.69) is 49.6 Å². The molecule has 0 spiro atoms. The average molecular weight is 341 g/mol. The summed E-state index contributed by atoms with van der Waals surface area (Å²) in [6, 6.07) is 16.7. The Balaban J connectivity index is 2.10. The van der Waals surface area contributed by atoms with E-state index in [0.717, 1.165) is 38.8 Å². The Bertz CT molecular complexity index is 1190. The highest BCUT2D eigenvalue weighted by molar-refractivity contribution is 6.10. The van der Waals surface area contributed by atoms with Gasteiger partial charge in [0.2, 0.25) is 5.69 Å². The van der Waals surface area contributed by atoms with E-state index >= 15 is 0 Å². The normalized spacial score (nSPS) is 11.4. The van der Waals surface area contributed by atoms with Crippen molar-refractivity contribution >= 4 is 21.9 Å². The Kier molecular flexibility index (Phi) is 3.77. The van der Waals surface area contributed by atoms with Crippen molar-refractivity contribution in [2.75, 3.05) is 0 Å². The summed E-state index contributed by atoms with van der Waals surface area (Å²) in [5, 5.41) is 11.5. The van der Waals surface area contributed by atoms with E-state index in [1.54, 1.807) is 0 Å². The fourth-order valence-corrected chi connectivity index (χ4v) is 3.68. The number of benzene rings is 2. The number of fused-ring (bicyclic) bond motifs is 3. The maximum absolute atomic E-state index is 9.59. The number of nitriles is 1. The van der Waals surface area contributed by atoms with Gasteiger partial charge in [0.1, 0.15) is 18.2 Å². The second-order valence-electron chi connectivity index (χ2n) is 7.14.